The van der Waals surface area contributed by atoms with Crippen molar-refractivity contribution < 1.29 is 4.52 Å². The van der Waals surface area contributed by atoms with Gasteiger partial charge in [0.25, 0.3) is 0 Å². The molecule has 6 heteroatoms. The summed E-state index contributed by atoms with van der Waals surface area (Å²) >= 11 is 0. The average molecular weight is 281 g/mol. The lowest BCUT2D eigenvalue weighted by atomic mass is 10.2. The Morgan fingerprint density at radius 2 is 2.11 bits per heavy atom. The van der Waals surface area contributed by atoms with Gasteiger partial charge < -0.3 is 10.3 Å². The highest BCUT2D eigenvalue weighted by Crippen LogP contribution is 2.16. The number of nitrogens with zero attached hydrogens (tertiary/aromatic N) is 3. The molecule has 3 rings (SSSR count). The van der Waals surface area contributed by atoms with E-state index in [0.717, 1.165) is 25.1 Å². The number of aromatic nitrogens is 2. The van der Waals surface area contributed by atoms with Gasteiger partial charge in [-0.05, 0) is 6.42 Å². The molecule has 1 saturated heterocycles. The Morgan fingerprint density at radius 1 is 1.32 bits per heavy atom. The Bertz CT molecular complexity index is 516. The molecular weight excluding hydrogens is 264 g/mol. The fourth-order valence-corrected chi connectivity index (χ4v) is 2.22. The zero-order valence-corrected chi connectivity index (χ0v) is 11.3. The van der Waals surface area contributed by atoms with Crippen molar-refractivity contribution in [3.63, 3.8) is 0 Å². The summed E-state index contributed by atoms with van der Waals surface area (Å²) in [7, 11) is 0. The predicted octanol–water partition coefficient (Wildman–Crippen LogP) is 1.69. The molecule has 102 valence electrons. The SMILES string of the molecule is Cl.NC1CCN(Cc2nc(-c3ccccc3)no2)C1. The van der Waals surface area contributed by atoms with Gasteiger partial charge in [0, 0.05) is 24.7 Å². The van der Waals surface area contributed by atoms with Crippen LogP contribution in [0.25, 0.3) is 11.4 Å². The molecule has 1 aliphatic rings. The normalized spacial score (nSPS) is 19.3. The van der Waals surface area contributed by atoms with Crippen LogP contribution in [-0.2, 0) is 6.54 Å². The average Bonchev–Trinajstić information content (AvgIpc) is 3.01. The second-order valence-electron chi connectivity index (χ2n) is 4.66. The summed E-state index contributed by atoms with van der Waals surface area (Å²) in [6, 6.07) is 10.1. The molecule has 0 amide bonds. The largest absolute Gasteiger partial charge is 0.338 e. The molecule has 5 nitrogen and oxygen atoms in total. The number of likely N-dealkylation sites (tertiary alicyclic amines) is 1. The number of nitrogens with two attached hydrogens (primary N) is 1. The third-order valence-corrected chi connectivity index (χ3v) is 3.17. The molecule has 2 aromatic rings. The van der Waals surface area contributed by atoms with Crippen LogP contribution in [0.2, 0.25) is 0 Å². The van der Waals surface area contributed by atoms with E-state index in [1.54, 1.807) is 0 Å². The molecule has 1 aromatic carbocycles. The van der Waals surface area contributed by atoms with Gasteiger partial charge in [-0.1, -0.05) is 35.5 Å². The van der Waals surface area contributed by atoms with Gasteiger partial charge in [-0.25, -0.2) is 0 Å². The number of rotatable bonds is 3. The van der Waals surface area contributed by atoms with E-state index >= 15 is 0 Å². The van der Waals surface area contributed by atoms with E-state index in [1.807, 2.05) is 30.3 Å². The lowest BCUT2D eigenvalue weighted by Crippen LogP contribution is -2.26. The van der Waals surface area contributed by atoms with Gasteiger partial charge in [-0.15, -0.1) is 12.4 Å². The first-order chi connectivity index (χ1) is 8.81. The Balaban J connectivity index is 0.00000133. The minimum absolute atomic E-state index is 0. The molecule has 1 fully saturated rings. The van der Waals surface area contributed by atoms with Crippen LogP contribution in [-0.4, -0.2) is 34.2 Å². The summed E-state index contributed by atoms with van der Waals surface area (Å²) in [6.45, 7) is 2.60. The summed E-state index contributed by atoms with van der Waals surface area (Å²) in [6.07, 6.45) is 1.04. The van der Waals surface area contributed by atoms with E-state index in [4.69, 9.17) is 10.3 Å². The van der Waals surface area contributed by atoms with Crippen molar-refractivity contribution >= 4 is 12.4 Å². The number of hydrogen-bond donors (Lipinski definition) is 1. The smallest absolute Gasteiger partial charge is 0.241 e. The fourth-order valence-electron chi connectivity index (χ4n) is 2.22. The second-order valence-corrected chi connectivity index (χ2v) is 4.66. The van der Waals surface area contributed by atoms with Crippen LogP contribution in [0.15, 0.2) is 34.9 Å². The van der Waals surface area contributed by atoms with Crippen LogP contribution in [0.4, 0.5) is 0 Å². The van der Waals surface area contributed by atoms with Crippen LogP contribution < -0.4 is 5.73 Å². The summed E-state index contributed by atoms with van der Waals surface area (Å²) in [5.41, 5.74) is 6.84. The topological polar surface area (TPSA) is 68.2 Å². The van der Waals surface area contributed by atoms with E-state index in [2.05, 4.69) is 15.0 Å². The molecule has 0 aliphatic carbocycles. The molecule has 0 saturated carbocycles. The van der Waals surface area contributed by atoms with Crippen LogP contribution in [0.1, 0.15) is 12.3 Å². The minimum Gasteiger partial charge on any atom is -0.338 e. The summed E-state index contributed by atoms with van der Waals surface area (Å²) < 4.78 is 5.27. The zero-order chi connectivity index (χ0) is 12.4. The molecule has 2 heterocycles. The third kappa shape index (κ3) is 3.32. The molecule has 0 spiro atoms. The highest BCUT2D eigenvalue weighted by Gasteiger charge is 2.21. The highest BCUT2D eigenvalue weighted by molar-refractivity contribution is 5.85. The first kappa shape index (κ1) is 14.0. The molecule has 2 N–H and O–H groups in total. The highest BCUT2D eigenvalue weighted by atomic mass is 35.5. The van der Waals surface area contributed by atoms with E-state index in [-0.39, 0.29) is 18.4 Å². The quantitative estimate of drug-likeness (QED) is 0.927. The number of benzene rings is 1. The molecule has 0 bridgehead atoms. The molecule has 0 radical (unpaired) electrons. The molecule has 1 aromatic heterocycles. The van der Waals surface area contributed by atoms with Gasteiger partial charge in [0.15, 0.2) is 0 Å². The molecular formula is C13H17ClN4O. The summed E-state index contributed by atoms with van der Waals surface area (Å²) in [5.74, 6) is 1.30. The minimum atomic E-state index is 0. The van der Waals surface area contributed by atoms with Gasteiger partial charge in [0.1, 0.15) is 0 Å². The van der Waals surface area contributed by atoms with Crippen molar-refractivity contribution in [2.75, 3.05) is 13.1 Å². The van der Waals surface area contributed by atoms with Gasteiger partial charge in [0.2, 0.25) is 11.7 Å². The van der Waals surface area contributed by atoms with Crippen molar-refractivity contribution in [3.05, 3.63) is 36.2 Å². The maximum atomic E-state index is 5.87. The number of halogens is 1. The molecule has 1 unspecified atom stereocenters. The first-order valence-electron chi connectivity index (χ1n) is 6.17. The van der Waals surface area contributed by atoms with Gasteiger partial charge in [-0.3, -0.25) is 4.90 Å². The standard InChI is InChI=1S/C13H16N4O.ClH/c14-11-6-7-17(8-11)9-12-15-13(16-18-12)10-4-2-1-3-5-10;/h1-5,11H,6-9,14H2;1H. The Hall–Kier alpha value is -1.43. The van der Waals surface area contributed by atoms with E-state index in [0.29, 0.717) is 18.3 Å². The van der Waals surface area contributed by atoms with Gasteiger partial charge >= 0.3 is 0 Å². The van der Waals surface area contributed by atoms with Crippen LogP contribution in [0.5, 0.6) is 0 Å². The van der Waals surface area contributed by atoms with Gasteiger partial charge in [0.05, 0.1) is 6.54 Å². The Morgan fingerprint density at radius 3 is 2.79 bits per heavy atom. The third-order valence-electron chi connectivity index (χ3n) is 3.17. The van der Waals surface area contributed by atoms with E-state index in [1.165, 1.54) is 0 Å². The van der Waals surface area contributed by atoms with Crippen molar-refractivity contribution in [1.29, 1.82) is 0 Å². The van der Waals surface area contributed by atoms with E-state index < -0.39 is 0 Å². The van der Waals surface area contributed by atoms with Crippen molar-refractivity contribution in [3.8, 4) is 11.4 Å². The second kappa shape index (κ2) is 6.14. The first-order valence-corrected chi connectivity index (χ1v) is 6.17. The number of hydrogen-bond acceptors (Lipinski definition) is 5. The maximum Gasteiger partial charge on any atom is 0.241 e. The van der Waals surface area contributed by atoms with Crippen molar-refractivity contribution in [2.24, 2.45) is 5.73 Å². The molecule has 1 atom stereocenters. The predicted molar refractivity (Wildman–Crippen MR) is 74.9 cm³/mol. The van der Waals surface area contributed by atoms with E-state index in [9.17, 15) is 0 Å². The molecule has 19 heavy (non-hydrogen) atoms. The lowest BCUT2D eigenvalue weighted by Gasteiger charge is -2.10. The van der Waals surface area contributed by atoms with Crippen LogP contribution in [0.3, 0.4) is 0 Å². The maximum absolute atomic E-state index is 5.87. The summed E-state index contributed by atoms with van der Waals surface area (Å²) in [4.78, 5) is 6.65. The van der Waals surface area contributed by atoms with Crippen molar-refractivity contribution in [1.82, 2.24) is 15.0 Å². The Kier molecular flexibility index (Phi) is 4.52. The van der Waals surface area contributed by atoms with Crippen LogP contribution in [0, 0.1) is 0 Å². The van der Waals surface area contributed by atoms with Gasteiger partial charge in [-0.2, -0.15) is 4.98 Å². The summed E-state index contributed by atoms with van der Waals surface area (Å²) in [5, 5.41) is 4.00. The van der Waals surface area contributed by atoms with Crippen LogP contribution >= 0.6 is 12.4 Å². The molecule has 1 aliphatic heterocycles. The monoisotopic (exact) mass is 280 g/mol. The Labute approximate surface area is 118 Å². The lowest BCUT2D eigenvalue weighted by molar-refractivity contribution is 0.265. The zero-order valence-electron chi connectivity index (χ0n) is 10.5. The fraction of sp³-hybridized carbons (Fsp3) is 0.385. The van der Waals surface area contributed by atoms with Crippen molar-refractivity contribution in [2.45, 2.75) is 19.0 Å².